The van der Waals surface area contributed by atoms with E-state index in [4.69, 9.17) is 0 Å². The van der Waals surface area contributed by atoms with Gasteiger partial charge in [0.05, 0.1) is 6.54 Å². The lowest BCUT2D eigenvalue weighted by atomic mass is 10.1. The van der Waals surface area contributed by atoms with Gasteiger partial charge in [-0.05, 0) is 31.0 Å². The zero-order valence-electron chi connectivity index (χ0n) is 12.7. The predicted molar refractivity (Wildman–Crippen MR) is 85.2 cm³/mol. The van der Waals surface area contributed by atoms with E-state index >= 15 is 0 Å². The minimum atomic E-state index is -0.111. The largest absolute Gasteiger partial charge is 0.345 e. The van der Waals surface area contributed by atoms with Gasteiger partial charge < -0.3 is 15.2 Å². The van der Waals surface area contributed by atoms with Gasteiger partial charge in [-0.2, -0.15) is 0 Å². The number of hydrogen-bond acceptors (Lipinski definition) is 1. The molecule has 0 radical (unpaired) electrons. The maximum atomic E-state index is 11.6. The maximum absolute atomic E-state index is 11.6. The van der Waals surface area contributed by atoms with Crippen molar-refractivity contribution < 1.29 is 4.79 Å². The third-order valence-electron chi connectivity index (χ3n) is 3.32. The van der Waals surface area contributed by atoms with Crippen LogP contribution in [-0.4, -0.2) is 17.1 Å². The van der Waals surface area contributed by atoms with Gasteiger partial charge in [0.2, 0.25) is 0 Å². The first kappa shape index (κ1) is 15.2. The second-order valence-corrected chi connectivity index (χ2v) is 5.23. The lowest BCUT2D eigenvalue weighted by Gasteiger charge is -2.11. The van der Waals surface area contributed by atoms with Crippen LogP contribution in [0.15, 0.2) is 42.6 Å². The summed E-state index contributed by atoms with van der Waals surface area (Å²) in [5.74, 6) is 0. The van der Waals surface area contributed by atoms with Gasteiger partial charge in [0.1, 0.15) is 0 Å². The molecule has 0 saturated carbocycles. The normalized spacial score (nSPS) is 10.4. The third-order valence-corrected chi connectivity index (χ3v) is 3.32. The van der Waals surface area contributed by atoms with E-state index in [-0.39, 0.29) is 6.03 Å². The molecular formula is C17H23N3O. The fourth-order valence-corrected chi connectivity index (χ4v) is 2.24. The first-order valence-corrected chi connectivity index (χ1v) is 7.40. The van der Waals surface area contributed by atoms with Crippen LogP contribution >= 0.6 is 0 Å². The Morgan fingerprint density at radius 2 is 2.05 bits per heavy atom. The summed E-state index contributed by atoms with van der Waals surface area (Å²) in [5, 5.41) is 5.70. The van der Waals surface area contributed by atoms with Crippen LogP contribution in [0.5, 0.6) is 0 Å². The molecule has 2 aromatic rings. The summed E-state index contributed by atoms with van der Waals surface area (Å²) in [6.45, 7) is 6.19. The van der Waals surface area contributed by atoms with E-state index in [0.29, 0.717) is 13.1 Å². The summed E-state index contributed by atoms with van der Waals surface area (Å²) in [5.41, 5.74) is 3.63. The Morgan fingerprint density at radius 3 is 2.81 bits per heavy atom. The fraction of sp³-hybridized carbons (Fsp3) is 0.353. The number of benzene rings is 1. The van der Waals surface area contributed by atoms with Crippen LogP contribution in [-0.2, 0) is 13.1 Å². The van der Waals surface area contributed by atoms with Gasteiger partial charge in [-0.3, -0.25) is 0 Å². The van der Waals surface area contributed by atoms with E-state index in [1.165, 1.54) is 11.1 Å². The molecule has 1 aromatic heterocycles. The highest BCUT2D eigenvalue weighted by Gasteiger charge is 2.04. The van der Waals surface area contributed by atoms with Gasteiger partial charge in [-0.1, -0.05) is 36.8 Å². The number of urea groups is 1. The third kappa shape index (κ3) is 4.67. The summed E-state index contributed by atoms with van der Waals surface area (Å²) < 4.78 is 2.16. The summed E-state index contributed by atoms with van der Waals surface area (Å²) in [7, 11) is 0. The van der Waals surface area contributed by atoms with Gasteiger partial charge in [0.25, 0.3) is 0 Å². The number of aryl methyl sites for hydroxylation is 1. The Bertz CT molecular complexity index is 589. The second-order valence-electron chi connectivity index (χ2n) is 5.23. The lowest BCUT2D eigenvalue weighted by molar-refractivity contribution is 0.240. The van der Waals surface area contributed by atoms with E-state index in [0.717, 1.165) is 18.7 Å². The van der Waals surface area contributed by atoms with E-state index in [1.54, 1.807) is 0 Å². The number of hydrogen-bond donors (Lipinski definition) is 2. The van der Waals surface area contributed by atoms with Crippen LogP contribution in [0.1, 0.15) is 30.2 Å². The van der Waals surface area contributed by atoms with Crippen molar-refractivity contribution in [3.8, 4) is 0 Å². The van der Waals surface area contributed by atoms with E-state index in [2.05, 4.69) is 46.4 Å². The molecule has 1 heterocycles. The molecule has 0 bridgehead atoms. The lowest BCUT2D eigenvalue weighted by Crippen LogP contribution is -2.35. The van der Waals surface area contributed by atoms with Crippen molar-refractivity contribution in [1.29, 1.82) is 0 Å². The molecule has 0 atom stereocenters. The number of carbonyl (C=O) groups excluding carboxylic acids is 1. The average molecular weight is 285 g/mol. The smallest absolute Gasteiger partial charge is 0.315 e. The minimum absolute atomic E-state index is 0.111. The zero-order chi connectivity index (χ0) is 15.1. The monoisotopic (exact) mass is 285 g/mol. The zero-order valence-corrected chi connectivity index (χ0v) is 12.7. The number of carbonyl (C=O) groups is 1. The minimum Gasteiger partial charge on any atom is -0.345 e. The topological polar surface area (TPSA) is 46.1 Å². The molecule has 0 saturated heterocycles. The van der Waals surface area contributed by atoms with E-state index < -0.39 is 0 Å². The van der Waals surface area contributed by atoms with Crippen molar-refractivity contribution >= 4 is 6.03 Å². The maximum Gasteiger partial charge on any atom is 0.315 e. The highest BCUT2D eigenvalue weighted by atomic mass is 16.2. The fourth-order valence-electron chi connectivity index (χ4n) is 2.24. The Hall–Kier alpha value is -2.23. The molecule has 4 nitrogen and oxygen atoms in total. The molecule has 0 fully saturated rings. The second kappa shape index (κ2) is 7.53. The molecule has 2 N–H and O–H groups in total. The summed E-state index contributed by atoms with van der Waals surface area (Å²) in [6, 6.07) is 12.4. The standard InChI is InChI=1S/C17H23N3O/c1-3-9-18-17(21)19-12-16-8-5-10-20(16)13-15-7-4-6-14(2)11-15/h4-8,10-11H,3,9,12-13H2,1-2H3,(H2,18,19,21). The first-order chi connectivity index (χ1) is 10.2. The number of nitrogens with zero attached hydrogens (tertiary/aromatic N) is 1. The molecule has 4 heteroatoms. The molecular weight excluding hydrogens is 262 g/mol. The Labute approximate surface area is 126 Å². The summed E-state index contributed by atoms with van der Waals surface area (Å²) >= 11 is 0. The highest BCUT2D eigenvalue weighted by molar-refractivity contribution is 5.73. The Balaban J connectivity index is 1.94. The van der Waals surface area contributed by atoms with Crippen molar-refractivity contribution in [3.05, 3.63) is 59.4 Å². The van der Waals surface area contributed by atoms with Gasteiger partial charge in [-0.25, -0.2) is 4.79 Å². The number of nitrogens with one attached hydrogen (secondary N) is 2. The Morgan fingerprint density at radius 1 is 1.19 bits per heavy atom. The highest BCUT2D eigenvalue weighted by Crippen LogP contribution is 2.09. The molecule has 0 unspecified atom stereocenters. The molecule has 21 heavy (non-hydrogen) atoms. The number of amides is 2. The van der Waals surface area contributed by atoms with Crippen LogP contribution < -0.4 is 10.6 Å². The molecule has 2 amide bonds. The average Bonchev–Trinajstić information content (AvgIpc) is 2.90. The molecule has 0 aliphatic carbocycles. The predicted octanol–water partition coefficient (Wildman–Crippen LogP) is 3.05. The van der Waals surface area contributed by atoms with Crippen LogP contribution in [0, 0.1) is 6.92 Å². The van der Waals surface area contributed by atoms with Crippen molar-refractivity contribution in [2.75, 3.05) is 6.54 Å². The van der Waals surface area contributed by atoms with Crippen LogP contribution in [0.4, 0.5) is 4.79 Å². The van der Waals surface area contributed by atoms with Crippen molar-refractivity contribution in [2.24, 2.45) is 0 Å². The molecule has 1 aromatic carbocycles. The van der Waals surface area contributed by atoms with Crippen LogP contribution in [0.25, 0.3) is 0 Å². The van der Waals surface area contributed by atoms with Gasteiger partial charge in [0.15, 0.2) is 0 Å². The molecule has 0 aliphatic heterocycles. The van der Waals surface area contributed by atoms with Gasteiger partial charge in [0, 0.05) is 25.0 Å². The number of rotatable bonds is 6. The SMILES string of the molecule is CCCNC(=O)NCc1cccn1Cc1cccc(C)c1. The van der Waals surface area contributed by atoms with Crippen molar-refractivity contribution in [3.63, 3.8) is 0 Å². The van der Waals surface area contributed by atoms with Crippen molar-refractivity contribution in [2.45, 2.75) is 33.4 Å². The van der Waals surface area contributed by atoms with Crippen molar-refractivity contribution in [1.82, 2.24) is 15.2 Å². The molecule has 0 spiro atoms. The van der Waals surface area contributed by atoms with Crippen LogP contribution in [0.2, 0.25) is 0 Å². The van der Waals surface area contributed by atoms with E-state index in [9.17, 15) is 4.79 Å². The number of aromatic nitrogens is 1. The van der Waals surface area contributed by atoms with Gasteiger partial charge in [-0.15, -0.1) is 0 Å². The van der Waals surface area contributed by atoms with E-state index in [1.807, 2.05) is 25.3 Å². The molecule has 112 valence electrons. The summed E-state index contributed by atoms with van der Waals surface area (Å²) in [6.07, 6.45) is 2.99. The summed E-state index contributed by atoms with van der Waals surface area (Å²) in [4.78, 5) is 11.6. The van der Waals surface area contributed by atoms with Gasteiger partial charge >= 0.3 is 6.03 Å². The first-order valence-electron chi connectivity index (χ1n) is 7.40. The quantitative estimate of drug-likeness (QED) is 0.842. The van der Waals surface area contributed by atoms with Crippen LogP contribution in [0.3, 0.4) is 0 Å². The molecule has 2 rings (SSSR count). The molecule has 0 aliphatic rings. The Kier molecular flexibility index (Phi) is 5.43.